The molecule has 1 heterocycles. The van der Waals surface area contributed by atoms with Crippen molar-refractivity contribution in [1.29, 1.82) is 0 Å². The minimum Gasteiger partial charge on any atom is -0.300 e. The minimum absolute atomic E-state index is 0.0571. The van der Waals surface area contributed by atoms with Gasteiger partial charge in [-0.25, -0.2) is 4.68 Å². The normalized spacial score (nSPS) is 11.9. The highest BCUT2D eigenvalue weighted by Crippen LogP contribution is 2.20. The second-order valence-electron chi connectivity index (χ2n) is 5.83. The van der Waals surface area contributed by atoms with Gasteiger partial charge >= 0.3 is 0 Å². The van der Waals surface area contributed by atoms with Crippen LogP contribution < -0.4 is 0 Å². The van der Waals surface area contributed by atoms with Gasteiger partial charge in [0.15, 0.2) is 0 Å². The molecule has 0 aliphatic heterocycles. The molecule has 0 amide bonds. The summed E-state index contributed by atoms with van der Waals surface area (Å²) in [5, 5.41) is 8.15. The van der Waals surface area contributed by atoms with E-state index in [-0.39, 0.29) is 11.2 Å². The van der Waals surface area contributed by atoms with Crippen molar-refractivity contribution in [2.45, 2.75) is 40.2 Å². The van der Waals surface area contributed by atoms with Crippen LogP contribution in [0.1, 0.15) is 33.6 Å². The molecule has 1 aromatic carbocycles. The molecule has 4 heteroatoms. The number of carbonyl (C=O) groups is 1. The number of fused-ring (bicyclic) bond motifs is 1. The second kappa shape index (κ2) is 4.88. The maximum Gasteiger partial charge on any atom is 0.135 e. The van der Waals surface area contributed by atoms with Gasteiger partial charge < -0.3 is 0 Å². The number of hydrogen-bond donors (Lipinski definition) is 0. The second-order valence-corrected chi connectivity index (χ2v) is 5.83. The number of para-hydroxylation sites is 1. The van der Waals surface area contributed by atoms with Gasteiger partial charge in [0.2, 0.25) is 0 Å². The van der Waals surface area contributed by atoms with Crippen molar-refractivity contribution >= 4 is 16.8 Å². The third kappa shape index (κ3) is 3.15. The molecule has 2 aromatic rings. The monoisotopic (exact) mass is 245 g/mol. The topological polar surface area (TPSA) is 47.8 Å². The summed E-state index contributed by atoms with van der Waals surface area (Å²) in [6.07, 6.45) is 1.13. The van der Waals surface area contributed by atoms with E-state index in [0.717, 1.165) is 11.0 Å². The highest BCUT2D eigenvalue weighted by Gasteiger charge is 2.16. The molecule has 0 aliphatic rings. The van der Waals surface area contributed by atoms with Crippen LogP contribution in [0.5, 0.6) is 0 Å². The van der Waals surface area contributed by atoms with Gasteiger partial charge in [-0.1, -0.05) is 38.1 Å². The lowest BCUT2D eigenvalue weighted by atomic mass is 9.89. The van der Waals surface area contributed by atoms with Crippen molar-refractivity contribution < 1.29 is 4.79 Å². The summed E-state index contributed by atoms with van der Waals surface area (Å²) in [5.41, 5.74) is 1.92. The molecule has 0 saturated carbocycles. The molecule has 2 rings (SSSR count). The Morgan fingerprint density at radius 2 is 2.00 bits per heavy atom. The van der Waals surface area contributed by atoms with E-state index in [2.05, 4.69) is 31.1 Å². The highest BCUT2D eigenvalue weighted by atomic mass is 16.1. The first-order valence-corrected chi connectivity index (χ1v) is 6.26. The molecule has 0 atom stereocenters. The van der Waals surface area contributed by atoms with Crippen LogP contribution in [0.15, 0.2) is 24.3 Å². The number of aryl methyl sites for hydroxylation is 1. The number of nitrogens with zero attached hydrogens (tertiary/aromatic N) is 3. The summed E-state index contributed by atoms with van der Waals surface area (Å²) in [5.74, 6) is 0.280. The molecule has 1 aromatic heterocycles. The number of carbonyl (C=O) groups excluding carboxylic acids is 1. The number of aromatic nitrogens is 3. The van der Waals surface area contributed by atoms with Crippen LogP contribution in [-0.4, -0.2) is 20.8 Å². The van der Waals surface area contributed by atoms with Gasteiger partial charge in [-0.15, -0.1) is 5.10 Å². The average molecular weight is 245 g/mol. The standard InChI is InChI=1S/C14H19N3O/c1-14(2,3)10-11(18)8-9-17-13-7-5-4-6-12(13)15-16-17/h4-7H,8-10H2,1-3H3. The van der Waals surface area contributed by atoms with E-state index in [1.807, 2.05) is 24.3 Å². The first kappa shape index (κ1) is 12.7. The molecule has 0 N–H and O–H groups in total. The summed E-state index contributed by atoms with van der Waals surface area (Å²) in [6, 6.07) is 7.80. The maximum atomic E-state index is 11.8. The molecule has 0 saturated heterocycles. The number of benzene rings is 1. The van der Waals surface area contributed by atoms with Crippen molar-refractivity contribution in [3.63, 3.8) is 0 Å². The zero-order valence-corrected chi connectivity index (χ0v) is 11.2. The van der Waals surface area contributed by atoms with Crippen molar-refractivity contribution in [3.8, 4) is 0 Å². The number of hydrogen-bond acceptors (Lipinski definition) is 3. The third-order valence-electron chi connectivity index (χ3n) is 2.75. The Kier molecular flexibility index (Phi) is 3.45. The van der Waals surface area contributed by atoms with Gasteiger partial charge in [0, 0.05) is 12.8 Å². The minimum atomic E-state index is 0.0571. The van der Waals surface area contributed by atoms with Crippen molar-refractivity contribution in [1.82, 2.24) is 15.0 Å². The molecule has 0 bridgehead atoms. The van der Waals surface area contributed by atoms with Gasteiger partial charge in [-0.2, -0.15) is 0 Å². The fourth-order valence-corrected chi connectivity index (χ4v) is 1.99. The Morgan fingerprint density at radius 1 is 1.28 bits per heavy atom. The first-order chi connectivity index (χ1) is 8.46. The molecule has 0 fully saturated rings. The summed E-state index contributed by atoms with van der Waals surface area (Å²) < 4.78 is 1.80. The lowest BCUT2D eigenvalue weighted by Gasteiger charge is -2.16. The average Bonchev–Trinajstić information content (AvgIpc) is 2.67. The Morgan fingerprint density at radius 3 is 2.72 bits per heavy atom. The van der Waals surface area contributed by atoms with Crippen LogP contribution in [0.3, 0.4) is 0 Å². The van der Waals surface area contributed by atoms with Crippen LogP contribution in [0.25, 0.3) is 11.0 Å². The molecule has 0 aliphatic carbocycles. The van der Waals surface area contributed by atoms with Gasteiger partial charge in [-0.3, -0.25) is 4.79 Å². The molecule has 18 heavy (non-hydrogen) atoms. The summed E-state index contributed by atoms with van der Waals surface area (Å²) in [6.45, 7) is 6.84. The zero-order valence-electron chi connectivity index (χ0n) is 11.2. The van der Waals surface area contributed by atoms with Crippen molar-refractivity contribution in [2.24, 2.45) is 5.41 Å². The number of rotatable bonds is 4. The molecular weight excluding hydrogens is 226 g/mol. The van der Waals surface area contributed by atoms with Crippen LogP contribution in [-0.2, 0) is 11.3 Å². The van der Waals surface area contributed by atoms with Crippen LogP contribution in [0, 0.1) is 5.41 Å². The van der Waals surface area contributed by atoms with E-state index in [1.165, 1.54) is 0 Å². The van der Waals surface area contributed by atoms with E-state index in [9.17, 15) is 4.79 Å². The quantitative estimate of drug-likeness (QED) is 0.832. The van der Waals surface area contributed by atoms with Gasteiger partial charge in [-0.05, 0) is 17.5 Å². The largest absolute Gasteiger partial charge is 0.300 e. The Balaban J connectivity index is 2.00. The lowest BCUT2D eigenvalue weighted by molar-refractivity contribution is -0.121. The number of ketones is 1. The third-order valence-corrected chi connectivity index (χ3v) is 2.75. The van der Waals surface area contributed by atoms with Crippen LogP contribution in [0.4, 0.5) is 0 Å². The van der Waals surface area contributed by atoms with E-state index >= 15 is 0 Å². The Bertz CT molecular complexity index is 551. The van der Waals surface area contributed by atoms with E-state index < -0.39 is 0 Å². The molecule has 96 valence electrons. The molecule has 0 spiro atoms. The molecule has 4 nitrogen and oxygen atoms in total. The molecule has 0 unspecified atom stereocenters. The Hall–Kier alpha value is -1.71. The summed E-state index contributed by atoms with van der Waals surface area (Å²) in [7, 11) is 0. The van der Waals surface area contributed by atoms with Gasteiger partial charge in [0.25, 0.3) is 0 Å². The van der Waals surface area contributed by atoms with E-state index in [1.54, 1.807) is 4.68 Å². The first-order valence-electron chi connectivity index (χ1n) is 6.26. The Labute approximate surface area is 107 Å². The smallest absolute Gasteiger partial charge is 0.135 e. The number of Topliss-reactive ketones (excluding diaryl/α,β-unsaturated/α-hetero) is 1. The fourth-order valence-electron chi connectivity index (χ4n) is 1.99. The highest BCUT2D eigenvalue weighted by molar-refractivity contribution is 5.79. The summed E-state index contributed by atoms with van der Waals surface area (Å²) in [4.78, 5) is 11.8. The zero-order chi connectivity index (χ0) is 13.2. The van der Waals surface area contributed by atoms with E-state index in [4.69, 9.17) is 0 Å². The van der Waals surface area contributed by atoms with Crippen molar-refractivity contribution in [3.05, 3.63) is 24.3 Å². The van der Waals surface area contributed by atoms with Crippen LogP contribution >= 0.6 is 0 Å². The lowest BCUT2D eigenvalue weighted by Crippen LogP contribution is -2.15. The van der Waals surface area contributed by atoms with Gasteiger partial charge in [0.1, 0.15) is 11.3 Å². The van der Waals surface area contributed by atoms with E-state index in [0.29, 0.717) is 19.4 Å². The maximum absolute atomic E-state index is 11.8. The molecule has 0 radical (unpaired) electrons. The van der Waals surface area contributed by atoms with Crippen LogP contribution in [0.2, 0.25) is 0 Å². The predicted molar refractivity (Wildman–Crippen MR) is 71.2 cm³/mol. The molecular formula is C14H19N3O. The summed E-state index contributed by atoms with van der Waals surface area (Å²) >= 11 is 0. The fraction of sp³-hybridized carbons (Fsp3) is 0.500. The van der Waals surface area contributed by atoms with Crippen molar-refractivity contribution in [2.75, 3.05) is 0 Å². The van der Waals surface area contributed by atoms with Gasteiger partial charge in [0.05, 0.1) is 12.1 Å². The SMILES string of the molecule is CC(C)(C)CC(=O)CCn1nnc2ccccc21. The predicted octanol–water partition coefficient (Wildman–Crippen LogP) is 2.83.